The van der Waals surface area contributed by atoms with Crippen molar-refractivity contribution in [2.75, 3.05) is 0 Å². The van der Waals surface area contributed by atoms with Gasteiger partial charge in [0.2, 0.25) is 0 Å². The first-order valence-electron chi connectivity index (χ1n) is 5.73. The highest BCUT2D eigenvalue weighted by atomic mass is 79.9. The third kappa shape index (κ3) is 3.39. The first kappa shape index (κ1) is 14.1. The molecule has 0 saturated carbocycles. The summed E-state index contributed by atoms with van der Waals surface area (Å²) in [6, 6.07) is 9.99. The molecular formula is C15H10BrNO3. The van der Waals surface area contributed by atoms with E-state index >= 15 is 0 Å². The summed E-state index contributed by atoms with van der Waals surface area (Å²) in [4.78, 5) is 27.4. The summed E-state index contributed by atoms with van der Waals surface area (Å²) in [6.07, 6.45) is 4.39. The fourth-order valence-electron chi connectivity index (χ4n) is 1.64. The van der Waals surface area contributed by atoms with Gasteiger partial charge in [0.25, 0.3) is 0 Å². The third-order valence-corrected chi connectivity index (χ3v) is 2.98. The lowest BCUT2D eigenvalue weighted by Gasteiger charge is -2.02. The molecule has 100 valence electrons. The molecule has 2 rings (SSSR count). The largest absolute Gasteiger partial charge is 0.478 e. The number of halogens is 1. The zero-order chi connectivity index (χ0) is 14.5. The van der Waals surface area contributed by atoms with E-state index in [1.165, 1.54) is 12.3 Å². The molecule has 0 aliphatic carbocycles. The predicted molar refractivity (Wildman–Crippen MR) is 78.3 cm³/mol. The molecule has 0 fully saturated rings. The molecule has 0 unspecified atom stereocenters. The summed E-state index contributed by atoms with van der Waals surface area (Å²) < 4.78 is 0.711. The maximum absolute atomic E-state index is 12.2. The van der Waals surface area contributed by atoms with Gasteiger partial charge in [0.05, 0.1) is 0 Å². The quantitative estimate of drug-likeness (QED) is 0.404. The van der Waals surface area contributed by atoms with Crippen LogP contribution in [0.3, 0.4) is 0 Å². The summed E-state index contributed by atoms with van der Waals surface area (Å²) >= 11 is 3.25. The molecule has 0 atom stereocenters. The molecule has 0 radical (unpaired) electrons. The molecule has 1 N–H and O–H groups in total. The lowest BCUT2D eigenvalue weighted by Crippen LogP contribution is -2.12. The van der Waals surface area contributed by atoms with Gasteiger partial charge in [-0.3, -0.25) is 9.78 Å². The van der Waals surface area contributed by atoms with Gasteiger partial charge in [-0.1, -0.05) is 30.3 Å². The van der Waals surface area contributed by atoms with Crippen LogP contribution in [0.1, 0.15) is 15.9 Å². The Morgan fingerprint density at radius 1 is 1.15 bits per heavy atom. The van der Waals surface area contributed by atoms with Gasteiger partial charge in [0, 0.05) is 22.4 Å². The van der Waals surface area contributed by atoms with E-state index in [4.69, 9.17) is 0 Å². The Morgan fingerprint density at radius 3 is 2.45 bits per heavy atom. The van der Waals surface area contributed by atoms with Crippen molar-refractivity contribution in [3.05, 3.63) is 70.0 Å². The van der Waals surface area contributed by atoms with E-state index in [9.17, 15) is 14.7 Å². The van der Waals surface area contributed by atoms with Crippen LogP contribution in [0.4, 0.5) is 0 Å². The number of aliphatic carboxylic acids is 1. The van der Waals surface area contributed by atoms with Gasteiger partial charge in [0.1, 0.15) is 5.57 Å². The van der Waals surface area contributed by atoms with E-state index in [-0.39, 0.29) is 5.57 Å². The maximum Gasteiger partial charge on any atom is 0.339 e. The molecule has 0 spiro atoms. The number of ketones is 1. The Bertz CT molecular complexity index is 681. The molecule has 2 aromatic rings. The first-order valence-corrected chi connectivity index (χ1v) is 6.52. The standard InChI is InChI=1S/C15H10BrNO3/c16-12-6-10(8-17-9-12)7-13(15(19)20)14(18)11-4-2-1-3-5-11/h1-9H,(H,19,20). The van der Waals surface area contributed by atoms with E-state index in [1.807, 2.05) is 0 Å². The van der Waals surface area contributed by atoms with E-state index in [0.29, 0.717) is 15.6 Å². The second-order valence-electron chi connectivity index (χ2n) is 3.99. The number of carbonyl (C=O) groups excluding carboxylic acids is 1. The number of aromatic nitrogens is 1. The normalized spacial score (nSPS) is 11.2. The fourth-order valence-corrected chi connectivity index (χ4v) is 2.03. The molecule has 20 heavy (non-hydrogen) atoms. The molecule has 1 aromatic carbocycles. The van der Waals surface area contributed by atoms with Gasteiger partial charge in [-0.15, -0.1) is 0 Å². The lowest BCUT2D eigenvalue weighted by molar-refractivity contribution is -0.132. The Hall–Kier alpha value is -2.27. The van der Waals surface area contributed by atoms with E-state index in [0.717, 1.165) is 0 Å². The number of Topliss-reactive ketones (excluding diaryl/α,β-unsaturated/α-hetero) is 1. The smallest absolute Gasteiger partial charge is 0.339 e. The van der Waals surface area contributed by atoms with E-state index < -0.39 is 11.8 Å². The zero-order valence-corrected chi connectivity index (χ0v) is 11.9. The molecule has 0 aliphatic rings. The van der Waals surface area contributed by atoms with Crippen LogP contribution in [0, 0.1) is 0 Å². The number of nitrogens with zero attached hydrogens (tertiary/aromatic N) is 1. The fraction of sp³-hybridized carbons (Fsp3) is 0. The number of hydrogen-bond donors (Lipinski definition) is 1. The maximum atomic E-state index is 12.2. The highest BCUT2D eigenvalue weighted by Crippen LogP contribution is 2.16. The van der Waals surface area contributed by atoms with Crippen LogP contribution in [0.25, 0.3) is 6.08 Å². The van der Waals surface area contributed by atoms with Crippen molar-refractivity contribution in [3.8, 4) is 0 Å². The van der Waals surface area contributed by atoms with Crippen molar-refractivity contribution in [1.82, 2.24) is 4.98 Å². The second kappa shape index (κ2) is 6.25. The van der Waals surface area contributed by atoms with Crippen LogP contribution in [-0.4, -0.2) is 21.8 Å². The topological polar surface area (TPSA) is 67.3 Å². The Balaban J connectivity index is 2.42. The molecule has 0 aliphatic heterocycles. The minimum absolute atomic E-state index is 0.295. The Labute approximate surface area is 123 Å². The monoisotopic (exact) mass is 331 g/mol. The van der Waals surface area contributed by atoms with Crippen LogP contribution >= 0.6 is 15.9 Å². The second-order valence-corrected chi connectivity index (χ2v) is 4.91. The number of rotatable bonds is 4. The SMILES string of the molecule is O=C(O)C(=Cc1cncc(Br)c1)C(=O)c1ccccc1. The van der Waals surface area contributed by atoms with Gasteiger partial charge < -0.3 is 5.11 Å². The van der Waals surface area contributed by atoms with Crippen molar-refractivity contribution in [3.63, 3.8) is 0 Å². The van der Waals surface area contributed by atoms with Crippen molar-refractivity contribution < 1.29 is 14.7 Å². The van der Waals surface area contributed by atoms with Gasteiger partial charge in [-0.2, -0.15) is 0 Å². The number of carboxylic acid groups (broad SMARTS) is 1. The van der Waals surface area contributed by atoms with E-state index in [1.54, 1.807) is 42.6 Å². The molecule has 0 saturated heterocycles. The number of carboxylic acids is 1. The van der Waals surface area contributed by atoms with E-state index in [2.05, 4.69) is 20.9 Å². The van der Waals surface area contributed by atoms with Crippen LogP contribution in [0.2, 0.25) is 0 Å². The zero-order valence-electron chi connectivity index (χ0n) is 10.3. The average molecular weight is 332 g/mol. The van der Waals surface area contributed by atoms with Gasteiger partial charge in [0.15, 0.2) is 5.78 Å². The van der Waals surface area contributed by atoms with Crippen molar-refractivity contribution in [2.45, 2.75) is 0 Å². The molecule has 5 heteroatoms. The van der Waals surface area contributed by atoms with Crippen LogP contribution in [-0.2, 0) is 4.79 Å². The number of benzene rings is 1. The average Bonchev–Trinajstić information content (AvgIpc) is 2.45. The molecule has 1 aromatic heterocycles. The summed E-state index contributed by atoms with van der Waals surface area (Å²) in [5, 5.41) is 9.21. The van der Waals surface area contributed by atoms with Gasteiger partial charge in [-0.05, 0) is 33.6 Å². The third-order valence-electron chi connectivity index (χ3n) is 2.55. The predicted octanol–water partition coefficient (Wildman–Crippen LogP) is 3.20. The van der Waals surface area contributed by atoms with Crippen molar-refractivity contribution in [2.24, 2.45) is 0 Å². The van der Waals surface area contributed by atoms with Crippen LogP contribution in [0.15, 0.2) is 58.8 Å². The summed E-state index contributed by atoms with van der Waals surface area (Å²) in [7, 11) is 0. The van der Waals surface area contributed by atoms with Gasteiger partial charge in [-0.25, -0.2) is 4.79 Å². The van der Waals surface area contributed by atoms with Gasteiger partial charge >= 0.3 is 5.97 Å². The summed E-state index contributed by atoms with van der Waals surface area (Å²) in [6.45, 7) is 0. The Morgan fingerprint density at radius 2 is 1.85 bits per heavy atom. The highest BCUT2D eigenvalue weighted by molar-refractivity contribution is 9.10. The number of carbonyl (C=O) groups is 2. The summed E-state index contributed by atoms with van der Waals surface area (Å²) in [5.74, 6) is -1.79. The molecule has 0 bridgehead atoms. The lowest BCUT2D eigenvalue weighted by atomic mass is 10.0. The minimum atomic E-state index is -1.26. The van der Waals surface area contributed by atoms with Crippen LogP contribution in [0.5, 0.6) is 0 Å². The molecule has 0 amide bonds. The molecule has 4 nitrogen and oxygen atoms in total. The summed E-state index contributed by atoms with van der Waals surface area (Å²) in [5.41, 5.74) is 0.585. The number of pyridine rings is 1. The van der Waals surface area contributed by atoms with Crippen molar-refractivity contribution in [1.29, 1.82) is 0 Å². The molecule has 1 heterocycles. The van der Waals surface area contributed by atoms with Crippen LogP contribution < -0.4 is 0 Å². The number of hydrogen-bond acceptors (Lipinski definition) is 3. The Kier molecular flexibility index (Phi) is 4.42. The first-order chi connectivity index (χ1) is 9.58. The highest BCUT2D eigenvalue weighted by Gasteiger charge is 2.18. The minimum Gasteiger partial charge on any atom is -0.478 e. The molecular weight excluding hydrogens is 322 g/mol. The van der Waals surface area contributed by atoms with Crippen molar-refractivity contribution >= 4 is 33.8 Å².